The Bertz CT molecular complexity index is 915. The smallest absolute Gasteiger partial charge is 0.307 e. The number of hydrogen-bond acceptors (Lipinski definition) is 7. The van der Waals surface area contributed by atoms with Crippen LogP contribution in [0.15, 0.2) is 22.7 Å². The molecule has 1 aliphatic heterocycles. The van der Waals surface area contributed by atoms with Crippen molar-refractivity contribution in [3.05, 3.63) is 29.7 Å². The summed E-state index contributed by atoms with van der Waals surface area (Å²) in [5.74, 6) is 1.45. The van der Waals surface area contributed by atoms with E-state index >= 15 is 0 Å². The molecule has 2 aliphatic rings. The third-order valence-corrected chi connectivity index (χ3v) is 5.47. The Kier molecular flexibility index (Phi) is 6.03. The zero-order valence-corrected chi connectivity index (χ0v) is 17.4. The molecule has 1 N–H and O–H groups in total. The fraction of sp³-hybridized carbons (Fsp3) is 0.500. The van der Waals surface area contributed by atoms with Crippen molar-refractivity contribution >= 4 is 17.6 Å². The van der Waals surface area contributed by atoms with Crippen molar-refractivity contribution in [2.24, 2.45) is 5.92 Å². The van der Waals surface area contributed by atoms with Crippen LogP contribution in [-0.2, 0) is 14.3 Å². The van der Waals surface area contributed by atoms with Crippen molar-refractivity contribution in [2.45, 2.75) is 33.1 Å². The number of nitrogens with one attached hydrogen (secondary N) is 1. The molecule has 1 saturated carbocycles. The molecule has 8 heteroatoms. The summed E-state index contributed by atoms with van der Waals surface area (Å²) >= 11 is 0. The monoisotopic (exact) mass is 413 g/mol. The first-order valence-corrected chi connectivity index (χ1v) is 10.4. The third-order valence-electron chi connectivity index (χ3n) is 5.47. The van der Waals surface area contributed by atoms with Crippen LogP contribution in [0, 0.1) is 19.8 Å². The van der Waals surface area contributed by atoms with E-state index in [9.17, 15) is 9.59 Å². The second kappa shape index (κ2) is 8.87. The maximum atomic E-state index is 12.2. The molecule has 1 aliphatic carbocycles. The highest BCUT2D eigenvalue weighted by atomic mass is 16.5. The molecular formula is C22H27N3O5. The number of nitrogens with zero attached hydrogens (tertiary/aromatic N) is 2. The molecule has 2 heterocycles. The predicted octanol–water partition coefficient (Wildman–Crippen LogP) is 2.93. The number of benzene rings is 1. The van der Waals surface area contributed by atoms with Gasteiger partial charge in [-0.05, 0) is 44.9 Å². The van der Waals surface area contributed by atoms with Crippen LogP contribution in [0.3, 0.4) is 0 Å². The van der Waals surface area contributed by atoms with Crippen molar-refractivity contribution in [1.82, 2.24) is 10.1 Å². The lowest BCUT2D eigenvalue weighted by atomic mass is 10.0. The first-order chi connectivity index (χ1) is 14.5. The van der Waals surface area contributed by atoms with E-state index in [4.69, 9.17) is 14.0 Å². The number of rotatable bonds is 7. The van der Waals surface area contributed by atoms with Gasteiger partial charge in [0.05, 0.1) is 17.7 Å². The minimum Gasteiger partial charge on any atom is -0.492 e. The molecule has 4 rings (SSSR count). The number of carbonyl (C=O) groups excluding carboxylic acids is 2. The Morgan fingerprint density at radius 2 is 2.13 bits per heavy atom. The molecule has 8 nitrogen and oxygen atoms in total. The van der Waals surface area contributed by atoms with E-state index in [2.05, 4.69) is 15.4 Å². The molecule has 1 amide bonds. The highest BCUT2D eigenvalue weighted by molar-refractivity contribution is 5.95. The molecule has 160 valence electrons. The highest BCUT2D eigenvalue weighted by Crippen LogP contribution is 2.37. The maximum Gasteiger partial charge on any atom is 0.307 e. The van der Waals surface area contributed by atoms with Gasteiger partial charge in [0.1, 0.15) is 24.7 Å². The van der Waals surface area contributed by atoms with Crippen molar-refractivity contribution in [1.29, 1.82) is 0 Å². The quantitative estimate of drug-likeness (QED) is 0.698. The number of amides is 1. The average molecular weight is 413 g/mol. The van der Waals surface area contributed by atoms with Gasteiger partial charge in [-0.1, -0.05) is 5.16 Å². The number of carbonyl (C=O) groups is 2. The van der Waals surface area contributed by atoms with Gasteiger partial charge in [-0.2, -0.15) is 0 Å². The minimum absolute atomic E-state index is 0.0614. The number of aryl methyl sites for hydroxylation is 2. The van der Waals surface area contributed by atoms with Crippen molar-refractivity contribution in [3.63, 3.8) is 0 Å². The molecule has 1 saturated heterocycles. The van der Waals surface area contributed by atoms with Gasteiger partial charge in [0, 0.05) is 36.8 Å². The van der Waals surface area contributed by atoms with E-state index in [0.29, 0.717) is 50.8 Å². The highest BCUT2D eigenvalue weighted by Gasteiger charge is 2.30. The molecular weight excluding hydrogens is 386 g/mol. The van der Waals surface area contributed by atoms with E-state index in [1.165, 1.54) is 0 Å². The minimum atomic E-state index is -0.150. The van der Waals surface area contributed by atoms with Crippen LogP contribution in [0.25, 0.3) is 11.1 Å². The summed E-state index contributed by atoms with van der Waals surface area (Å²) in [4.78, 5) is 25.7. The van der Waals surface area contributed by atoms with Crippen LogP contribution in [0.2, 0.25) is 0 Å². The molecule has 0 bridgehead atoms. The molecule has 0 spiro atoms. The molecule has 1 aromatic heterocycles. The van der Waals surface area contributed by atoms with Gasteiger partial charge < -0.3 is 19.3 Å². The van der Waals surface area contributed by atoms with Gasteiger partial charge >= 0.3 is 5.97 Å². The normalized spacial score (nSPS) is 17.3. The molecule has 0 atom stereocenters. The Balaban J connectivity index is 1.49. The molecule has 0 radical (unpaired) electrons. The first-order valence-electron chi connectivity index (χ1n) is 10.4. The Hall–Kier alpha value is -2.87. The first kappa shape index (κ1) is 20.4. The number of esters is 1. The van der Waals surface area contributed by atoms with Crippen LogP contribution in [0.4, 0.5) is 5.69 Å². The number of hydrogen-bond donors (Lipinski definition) is 1. The van der Waals surface area contributed by atoms with Gasteiger partial charge in [0.2, 0.25) is 5.91 Å². The molecule has 1 aromatic carbocycles. The van der Waals surface area contributed by atoms with E-state index < -0.39 is 0 Å². The zero-order chi connectivity index (χ0) is 21.1. The third kappa shape index (κ3) is 4.81. The van der Waals surface area contributed by atoms with Crippen LogP contribution < -0.4 is 10.1 Å². The summed E-state index contributed by atoms with van der Waals surface area (Å²) in [6.45, 7) is 6.71. The topological polar surface area (TPSA) is 93.9 Å². The SMILES string of the molecule is Cc1noc(C)c1-c1cc(NC(=O)C2CC2)ccc1OCCN1CCOC(=O)CC1. The van der Waals surface area contributed by atoms with Gasteiger partial charge in [0.15, 0.2) is 0 Å². The van der Waals surface area contributed by atoms with Crippen LogP contribution in [0.5, 0.6) is 5.75 Å². The van der Waals surface area contributed by atoms with Crippen molar-refractivity contribution in [3.8, 4) is 16.9 Å². The Morgan fingerprint density at radius 3 is 2.87 bits per heavy atom. The van der Waals surface area contributed by atoms with Crippen LogP contribution >= 0.6 is 0 Å². The van der Waals surface area contributed by atoms with Gasteiger partial charge in [-0.3, -0.25) is 14.5 Å². The van der Waals surface area contributed by atoms with E-state index in [-0.39, 0.29) is 17.8 Å². The van der Waals surface area contributed by atoms with Gasteiger partial charge in [-0.25, -0.2) is 0 Å². The lowest BCUT2D eigenvalue weighted by Crippen LogP contribution is -2.30. The lowest BCUT2D eigenvalue weighted by Gasteiger charge is -2.19. The van der Waals surface area contributed by atoms with E-state index in [0.717, 1.165) is 35.3 Å². The summed E-state index contributed by atoms with van der Waals surface area (Å²) in [6.07, 6.45) is 2.31. The summed E-state index contributed by atoms with van der Waals surface area (Å²) < 4.78 is 16.5. The maximum absolute atomic E-state index is 12.2. The van der Waals surface area contributed by atoms with Crippen molar-refractivity contribution < 1.29 is 23.6 Å². The summed E-state index contributed by atoms with van der Waals surface area (Å²) in [5, 5.41) is 7.05. The molecule has 30 heavy (non-hydrogen) atoms. The summed E-state index contributed by atoms with van der Waals surface area (Å²) in [5.41, 5.74) is 3.22. The zero-order valence-electron chi connectivity index (χ0n) is 17.4. The number of anilines is 1. The molecule has 2 fully saturated rings. The lowest BCUT2D eigenvalue weighted by molar-refractivity contribution is -0.142. The van der Waals surface area contributed by atoms with E-state index in [1.807, 2.05) is 32.0 Å². The summed E-state index contributed by atoms with van der Waals surface area (Å²) in [7, 11) is 0. The second-order valence-corrected chi connectivity index (χ2v) is 7.83. The Labute approximate surface area is 175 Å². The molecule has 2 aromatic rings. The number of ether oxygens (including phenoxy) is 2. The van der Waals surface area contributed by atoms with Crippen LogP contribution in [0.1, 0.15) is 30.7 Å². The fourth-order valence-electron chi connectivity index (χ4n) is 3.62. The van der Waals surface area contributed by atoms with Gasteiger partial charge in [0.25, 0.3) is 0 Å². The Morgan fingerprint density at radius 1 is 1.30 bits per heavy atom. The average Bonchev–Trinajstić information content (AvgIpc) is 3.53. The summed E-state index contributed by atoms with van der Waals surface area (Å²) in [6, 6.07) is 5.65. The van der Waals surface area contributed by atoms with Crippen molar-refractivity contribution in [2.75, 3.05) is 38.2 Å². The number of cyclic esters (lactones) is 1. The standard InChI is InChI=1S/C22H27N3O5/c1-14-21(15(2)30-24-14)18-13-17(23-22(27)16-3-4-16)5-6-19(18)28-11-9-25-8-7-20(26)29-12-10-25/h5-6,13,16H,3-4,7-12H2,1-2H3,(H,23,27). The van der Waals surface area contributed by atoms with E-state index in [1.54, 1.807) is 0 Å². The number of aromatic nitrogens is 1. The second-order valence-electron chi connectivity index (χ2n) is 7.83. The predicted molar refractivity (Wildman–Crippen MR) is 110 cm³/mol. The van der Waals surface area contributed by atoms with Gasteiger partial charge in [-0.15, -0.1) is 0 Å². The largest absolute Gasteiger partial charge is 0.492 e. The molecule has 0 unspecified atom stereocenters. The fourth-order valence-corrected chi connectivity index (χ4v) is 3.62. The van der Waals surface area contributed by atoms with Crippen LogP contribution in [-0.4, -0.2) is 54.8 Å².